The Morgan fingerprint density at radius 2 is 1.62 bits per heavy atom. The molecule has 0 saturated heterocycles. The number of nitro benzene ring substituents is 1. The van der Waals surface area contributed by atoms with Crippen molar-refractivity contribution in [2.45, 2.75) is 0 Å². The molecule has 3 aromatic carbocycles. The topological polar surface area (TPSA) is 116 Å². The van der Waals surface area contributed by atoms with Gasteiger partial charge in [-0.2, -0.15) is 5.10 Å². The molecule has 9 nitrogen and oxygen atoms in total. The first-order valence-corrected chi connectivity index (χ1v) is 10.3. The van der Waals surface area contributed by atoms with Gasteiger partial charge in [0.05, 0.1) is 23.4 Å². The van der Waals surface area contributed by atoms with E-state index in [9.17, 15) is 19.7 Å². The first kappa shape index (κ1) is 22.4. The fourth-order valence-electron chi connectivity index (χ4n) is 3.62. The summed E-state index contributed by atoms with van der Waals surface area (Å²) in [6, 6.07) is 22.0. The van der Waals surface area contributed by atoms with Crippen LogP contribution in [0.15, 0.2) is 83.7 Å². The SMILES string of the molecule is COc1ccc([N+](=O)[O-])cc1NC(=O)c1c(-c2ccccc2)c(-c2ccccc2)nn(C)c1=O. The third-order valence-electron chi connectivity index (χ3n) is 5.22. The number of aryl methyl sites for hydroxylation is 1. The first-order valence-electron chi connectivity index (χ1n) is 10.3. The lowest BCUT2D eigenvalue weighted by Crippen LogP contribution is -2.31. The summed E-state index contributed by atoms with van der Waals surface area (Å²) in [4.78, 5) is 37.4. The second-order valence-corrected chi connectivity index (χ2v) is 7.36. The Hall–Kier alpha value is -4.79. The minimum atomic E-state index is -0.738. The van der Waals surface area contributed by atoms with Crippen LogP contribution in [-0.2, 0) is 7.05 Å². The molecule has 0 radical (unpaired) electrons. The lowest BCUT2D eigenvalue weighted by molar-refractivity contribution is -0.384. The molecule has 1 amide bonds. The van der Waals surface area contributed by atoms with Gasteiger partial charge in [0.1, 0.15) is 11.3 Å². The van der Waals surface area contributed by atoms with Crippen LogP contribution in [-0.4, -0.2) is 27.7 Å². The molecule has 0 spiro atoms. The molecule has 0 aliphatic rings. The number of methoxy groups -OCH3 is 1. The molecule has 4 aromatic rings. The average Bonchev–Trinajstić information content (AvgIpc) is 2.86. The normalized spacial score (nSPS) is 10.5. The molecule has 0 aliphatic carbocycles. The van der Waals surface area contributed by atoms with Gasteiger partial charge in [-0.25, -0.2) is 4.68 Å². The smallest absolute Gasteiger partial charge is 0.280 e. The number of anilines is 1. The van der Waals surface area contributed by atoms with Crippen molar-refractivity contribution in [1.29, 1.82) is 0 Å². The van der Waals surface area contributed by atoms with Gasteiger partial charge in [0, 0.05) is 30.3 Å². The second-order valence-electron chi connectivity index (χ2n) is 7.36. The van der Waals surface area contributed by atoms with Crippen molar-refractivity contribution < 1.29 is 14.5 Å². The number of nitro groups is 1. The van der Waals surface area contributed by atoms with Crippen molar-refractivity contribution in [3.05, 3.63) is 105 Å². The van der Waals surface area contributed by atoms with Crippen LogP contribution in [0.5, 0.6) is 5.75 Å². The van der Waals surface area contributed by atoms with Gasteiger partial charge in [-0.15, -0.1) is 0 Å². The Morgan fingerprint density at radius 1 is 1.00 bits per heavy atom. The molecular weight excluding hydrogens is 436 g/mol. The van der Waals surface area contributed by atoms with E-state index < -0.39 is 16.4 Å². The van der Waals surface area contributed by atoms with Crippen LogP contribution >= 0.6 is 0 Å². The van der Waals surface area contributed by atoms with Gasteiger partial charge in [0.25, 0.3) is 17.2 Å². The summed E-state index contributed by atoms with van der Waals surface area (Å²) in [5.41, 5.74) is 1.24. The molecule has 0 bridgehead atoms. The standard InChI is InChI=1S/C25H20N4O5/c1-28-25(31)22(24(30)26-19-15-18(29(32)33)13-14-20(19)34-2)21(16-9-5-3-6-10-16)23(27-28)17-11-7-4-8-12-17/h3-15H,1-2H3,(H,26,30). The summed E-state index contributed by atoms with van der Waals surface area (Å²) in [5.74, 6) is -0.521. The lowest BCUT2D eigenvalue weighted by Gasteiger charge is -2.16. The number of carbonyl (C=O) groups is 1. The summed E-state index contributed by atoms with van der Waals surface area (Å²) in [6.45, 7) is 0. The van der Waals surface area contributed by atoms with E-state index in [0.29, 0.717) is 16.8 Å². The van der Waals surface area contributed by atoms with E-state index in [1.165, 1.54) is 32.4 Å². The highest BCUT2D eigenvalue weighted by Gasteiger charge is 2.25. The van der Waals surface area contributed by atoms with E-state index in [4.69, 9.17) is 4.74 Å². The molecule has 0 aliphatic heterocycles. The largest absolute Gasteiger partial charge is 0.495 e. The Labute approximate surface area is 194 Å². The summed E-state index contributed by atoms with van der Waals surface area (Å²) in [7, 11) is 2.85. The van der Waals surface area contributed by atoms with Crippen LogP contribution in [0, 0.1) is 10.1 Å². The highest BCUT2D eigenvalue weighted by molar-refractivity contribution is 6.11. The molecule has 4 rings (SSSR count). The Balaban J connectivity index is 1.94. The molecular formula is C25H20N4O5. The predicted octanol–water partition coefficient (Wildman–Crippen LogP) is 4.28. The highest BCUT2D eigenvalue weighted by atomic mass is 16.6. The zero-order valence-corrected chi connectivity index (χ0v) is 18.4. The second kappa shape index (κ2) is 9.37. The maximum Gasteiger partial charge on any atom is 0.280 e. The number of nitrogens with one attached hydrogen (secondary N) is 1. The van der Waals surface area contributed by atoms with E-state index in [2.05, 4.69) is 10.4 Å². The number of benzene rings is 3. The summed E-state index contributed by atoms with van der Waals surface area (Å²) in [5, 5.41) is 18.3. The van der Waals surface area contributed by atoms with Crippen LogP contribution in [0.25, 0.3) is 22.4 Å². The molecule has 0 unspecified atom stereocenters. The number of aromatic nitrogens is 2. The molecule has 1 heterocycles. The maximum absolute atomic E-state index is 13.5. The summed E-state index contributed by atoms with van der Waals surface area (Å²) < 4.78 is 6.35. The van der Waals surface area contributed by atoms with Crippen molar-refractivity contribution in [3.8, 4) is 28.1 Å². The van der Waals surface area contributed by atoms with E-state index in [0.717, 1.165) is 10.2 Å². The van der Waals surface area contributed by atoms with E-state index in [1.54, 1.807) is 24.3 Å². The average molecular weight is 456 g/mol. The van der Waals surface area contributed by atoms with Gasteiger partial charge in [-0.3, -0.25) is 19.7 Å². The van der Waals surface area contributed by atoms with Gasteiger partial charge >= 0.3 is 0 Å². The fraction of sp³-hybridized carbons (Fsp3) is 0.0800. The van der Waals surface area contributed by atoms with Crippen LogP contribution < -0.4 is 15.6 Å². The van der Waals surface area contributed by atoms with Crippen molar-refractivity contribution in [2.75, 3.05) is 12.4 Å². The van der Waals surface area contributed by atoms with Crippen molar-refractivity contribution in [2.24, 2.45) is 7.05 Å². The monoisotopic (exact) mass is 456 g/mol. The van der Waals surface area contributed by atoms with Crippen LogP contribution in [0.2, 0.25) is 0 Å². The van der Waals surface area contributed by atoms with Gasteiger partial charge in [-0.05, 0) is 11.6 Å². The minimum absolute atomic E-state index is 0.0702. The molecule has 1 aromatic heterocycles. The summed E-state index contributed by atoms with van der Waals surface area (Å²) >= 11 is 0. The first-order chi connectivity index (χ1) is 16.4. The molecule has 0 saturated carbocycles. The number of hydrogen-bond donors (Lipinski definition) is 1. The van der Waals surface area contributed by atoms with E-state index in [1.807, 2.05) is 36.4 Å². The van der Waals surface area contributed by atoms with Gasteiger partial charge in [-0.1, -0.05) is 60.7 Å². The van der Waals surface area contributed by atoms with Crippen molar-refractivity contribution >= 4 is 17.3 Å². The molecule has 9 heteroatoms. The molecule has 0 atom stereocenters. The number of rotatable bonds is 6. The number of ether oxygens (including phenoxy) is 1. The fourth-order valence-corrected chi connectivity index (χ4v) is 3.62. The summed E-state index contributed by atoms with van der Waals surface area (Å²) in [6.07, 6.45) is 0. The number of nitrogens with zero attached hydrogens (tertiary/aromatic N) is 3. The molecule has 170 valence electrons. The maximum atomic E-state index is 13.5. The third-order valence-corrected chi connectivity index (χ3v) is 5.22. The molecule has 0 fully saturated rings. The van der Waals surface area contributed by atoms with Crippen LogP contribution in [0.4, 0.5) is 11.4 Å². The zero-order valence-electron chi connectivity index (χ0n) is 18.4. The van der Waals surface area contributed by atoms with Crippen molar-refractivity contribution in [1.82, 2.24) is 9.78 Å². The quantitative estimate of drug-likeness (QED) is 0.342. The van der Waals surface area contributed by atoms with Gasteiger partial charge in [0.2, 0.25) is 0 Å². The minimum Gasteiger partial charge on any atom is -0.495 e. The number of hydrogen-bond acceptors (Lipinski definition) is 6. The zero-order chi connectivity index (χ0) is 24.2. The highest BCUT2D eigenvalue weighted by Crippen LogP contribution is 2.34. The predicted molar refractivity (Wildman–Crippen MR) is 128 cm³/mol. The molecule has 1 N–H and O–H groups in total. The van der Waals surface area contributed by atoms with Gasteiger partial charge in [0.15, 0.2) is 0 Å². The number of amides is 1. The van der Waals surface area contributed by atoms with E-state index in [-0.39, 0.29) is 22.7 Å². The van der Waals surface area contributed by atoms with Crippen LogP contribution in [0.1, 0.15) is 10.4 Å². The molecule has 34 heavy (non-hydrogen) atoms. The van der Waals surface area contributed by atoms with Gasteiger partial charge < -0.3 is 10.1 Å². The van der Waals surface area contributed by atoms with Crippen molar-refractivity contribution in [3.63, 3.8) is 0 Å². The number of non-ortho nitro benzene ring substituents is 1. The third kappa shape index (κ3) is 4.26. The van der Waals surface area contributed by atoms with Crippen LogP contribution in [0.3, 0.4) is 0 Å². The Morgan fingerprint density at radius 3 is 2.21 bits per heavy atom. The Bertz CT molecular complexity index is 1430. The van der Waals surface area contributed by atoms with E-state index >= 15 is 0 Å². The Kier molecular flexibility index (Phi) is 6.18. The number of carbonyl (C=O) groups excluding carboxylic acids is 1. The lowest BCUT2D eigenvalue weighted by atomic mass is 9.95.